The molecule has 72 valence electrons. The van der Waals surface area contributed by atoms with E-state index in [4.69, 9.17) is 0 Å². The molecule has 0 aliphatic carbocycles. The second kappa shape index (κ2) is 3.29. The Morgan fingerprint density at radius 3 is 2.29 bits per heavy atom. The average molecular weight is 189 g/mol. The maximum atomic E-state index is 12.9. The summed E-state index contributed by atoms with van der Waals surface area (Å²) in [6.45, 7) is 0. The third kappa shape index (κ3) is 1.55. The summed E-state index contributed by atoms with van der Waals surface area (Å²) in [6, 6.07) is 10.8. The fraction of sp³-hybridized carbons (Fsp3) is 0.167. The Morgan fingerprint density at radius 1 is 0.929 bits per heavy atom. The standard InChI is InChI=1S/C12H12FN/c1-14(2)12-6-4-9-7-11(13)5-3-10(9)8-12/h3-8H,1-2H3. The Hall–Kier alpha value is -1.57. The van der Waals surface area contributed by atoms with Gasteiger partial charge in [0.15, 0.2) is 0 Å². The van der Waals surface area contributed by atoms with Crippen LogP contribution < -0.4 is 4.90 Å². The van der Waals surface area contributed by atoms with Crippen LogP contribution in [0.2, 0.25) is 0 Å². The van der Waals surface area contributed by atoms with Crippen molar-refractivity contribution in [2.75, 3.05) is 19.0 Å². The second-order valence-electron chi connectivity index (χ2n) is 3.57. The molecule has 2 heteroatoms. The van der Waals surface area contributed by atoms with Crippen LogP contribution in [0, 0.1) is 5.82 Å². The van der Waals surface area contributed by atoms with E-state index in [2.05, 4.69) is 6.07 Å². The van der Waals surface area contributed by atoms with Gasteiger partial charge in [-0.1, -0.05) is 12.1 Å². The third-order valence-corrected chi connectivity index (χ3v) is 2.30. The number of hydrogen-bond acceptors (Lipinski definition) is 1. The van der Waals surface area contributed by atoms with Crippen LogP contribution in [0.1, 0.15) is 0 Å². The molecule has 0 saturated heterocycles. The SMILES string of the molecule is CN(C)c1ccc2cc(F)ccc2c1. The molecule has 0 fully saturated rings. The van der Waals surface area contributed by atoms with Crippen LogP contribution in [-0.2, 0) is 0 Å². The van der Waals surface area contributed by atoms with Gasteiger partial charge in [0.05, 0.1) is 0 Å². The molecular weight excluding hydrogens is 177 g/mol. The van der Waals surface area contributed by atoms with Gasteiger partial charge in [-0.2, -0.15) is 0 Å². The fourth-order valence-corrected chi connectivity index (χ4v) is 1.48. The van der Waals surface area contributed by atoms with Gasteiger partial charge in [-0.25, -0.2) is 4.39 Å². The zero-order valence-electron chi connectivity index (χ0n) is 8.29. The Kier molecular flexibility index (Phi) is 2.12. The van der Waals surface area contributed by atoms with E-state index in [1.54, 1.807) is 12.1 Å². The molecule has 1 nitrogen and oxygen atoms in total. The van der Waals surface area contributed by atoms with Crippen molar-refractivity contribution < 1.29 is 4.39 Å². The van der Waals surface area contributed by atoms with E-state index >= 15 is 0 Å². The predicted molar refractivity (Wildman–Crippen MR) is 58.2 cm³/mol. The van der Waals surface area contributed by atoms with E-state index in [0.29, 0.717) is 0 Å². The molecule has 0 unspecified atom stereocenters. The number of halogens is 1. The van der Waals surface area contributed by atoms with E-state index in [1.807, 2.05) is 31.1 Å². The van der Waals surface area contributed by atoms with E-state index < -0.39 is 0 Å². The van der Waals surface area contributed by atoms with Crippen LogP contribution in [0.5, 0.6) is 0 Å². The summed E-state index contributed by atoms with van der Waals surface area (Å²) >= 11 is 0. The highest BCUT2D eigenvalue weighted by Gasteiger charge is 1.98. The zero-order chi connectivity index (χ0) is 10.1. The number of rotatable bonds is 1. The van der Waals surface area contributed by atoms with Gasteiger partial charge in [-0.15, -0.1) is 0 Å². The Morgan fingerprint density at radius 2 is 1.57 bits per heavy atom. The van der Waals surface area contributed by atoms with Gasteiger partial charge in [0, 0.05) is 19.8 Å². The lowest BCUT2D eigenvalue weighted by Crippen LogP contribution is -2.07. The van der Waals surface area contributed by atoms with Crippen LogP contribution in [0.15, 0.2) is 36.4 Å². The summed E-state index contributed by atoms with van der Waals surface area (Å²) in [4.78, 5) is 2.03. The van der Waals surface area contributed by atoms with Gasteiger partial charge in [0.25, 0.3) is 0 Å². The van der Waals surface area contributed by atoms with Gasteiger partial charge in [-0.05, 0) is 35.0 Å². The van der Waals surface area contributed by atoms with Crippen molar-refractivity contribution >= 4 is 16.5 Å². The minimum atomic E-state index is -0.185. The number of hydrogen-bond donors (Lipinski definition) is 0. The lowest BCUT2D eigenvalue weighted by atomic mass is 10.1. The Bertz CT molecular complexity index is 463. The van der Waals surface area contributed by atoms with Gasteiger partial charge >= 0.3 is 0 Å². The first-order valence-electron chi connectivity index (χ1n) is 4.53. The molecule has 0 spiro atoms. The summed E-state index contributed by atoms with van der Waals surface area (Å²) in [5.41, 5.74) is 1.13. The van der Waals surface area contributed by atoms with Gasteiger partial charge in [0.1, 0.15) is 5.82 Å². The fourth-order valence-electron chi connectivity index (χ4n) is 1.48. The second-order valence-corrected chi connectivity index (χ2v) is 3.57. The number of nitrogens with zero attached hydrogens (tertiary/aromatic N) is 1. The van der Waals surface area contributed by atoms with Gasteiger partial charge < -0.3 is 4.90 Å². The topological polar surface area (TPSA) is 3.24 Å². The van der Waals surface area contributed by atoms with E-state index in [9.17, 15) is 4.39 Å². The van der Waals surface area contributed by atoms with Crippen LogP contribution >= 0.6 is 0 Å². The van der Waals surface area contributed by atoms with Crippen molar-refractivity contribution in [3.8, 4) is 0 Å². The summed E-state index contributed by atoms with van der Waals surface area (Å²) in [6.07, 6.45) is 0. The number of benzene rings is 2. The van der Waals surface area contributed by atoms with Crippen molar-refractivity contribution in [3.63, 3.8) is 0 Å². The molecule has 0 aliphatic heterocycles. The normalized spacial score (nSPS) is 10.5. The van der Waals surface area contributed by atoms with Gasteiger partial charge in [-0.3, -0.25) is 0 Å². The van der Waals surface area contributed by atoms with Gasteiger partial charge in [0.2, 0.25) is 0 Å². The number of anilines is 1. The molecule has 2 aromatic carbocycles. The smallest absolute Gasteiger partial charge is 0.123 e. The molecular formula is C12H12FN. The summed E-state index contributed by atoms with van der Waals surface area (Å²) < 4.78 is 12.9. The summed E-state index contributed by atoms with van der Waals surface area (Å²) in [5, 5.41) is 2.01. The van der Waals surface area contributed by atoms with Crippen molar-refractivity contribution in [2.24, 2.45) is 0 Å². The lowest BCUT2D eigenvalue weighted by molar-refractivity contribution is 0.630. The Labute approximate surface area is 82.8 Å². The first kappa shape index (κ1) is 9.00. The molecule has 0 N–H and O–H groups in total. The first-order valence-corrected chi connectivity index (χ1v) is 4.53. The minimum absolute atomic E-state index is 0.185. The first-order chi connectivity index (χ1) is 6.66. The molecule has 0 amide bonds. The van der Waals surface area contributed by atoms with Crippen LogP contribution in [-0.4, -0.2) is 14.1 Å². The molecule has 0 radical (unpaired) electrons. The third-order valence-electron chi connectivity index (χ3n) is 2.30. The van der Waals surface area contributed by atoms with Crippen molar-refractivity contribution in [3.05, 3.63) is 42.2 Å². The monoisotopic (exact) mass is 189 g/mol. The summed E-state index contributed by atoms with van der Waals surface area (Å²) in [5.74, 6) is -0.185. The highest BCUT2D eigenvalue weighted by molar-refractivity contribution is 5.85. The molecule has 0 heterocycles. The molecule has 2 rings (SSSR count). The zero-order valence-corrected chi connectivity index (χ0v) is 8.29. The molecule has 0 bridgehead atoms. The van der Waals surface area contributed by atoms with Crippen LogP contribution in [0.4, 0.5) is 10.1 Å². The maximum Gasteiger partial charge on any atom is 0.123 e. The number of fused-ring (bicyclic) bond motifs is 1. The maximum absolute atomic E-state index is 12.9. The minimum Gasteiger partial charge on any atom is -0.378 e. The van der Waals surface area contributed by atoms with Crippen LogP contribution in [0.25, 0.3) is 10.8 Å². The highest BCUT2D eigenvalue weighted by Crippen LogP contribution is 2.21. The quantitative estimate of drug-likeness (QED) is 0.666. The van der Waals surface area contributed by atoms with Crippen molar-refractivity contribution in [1.29, 1.82) is 0 Å². The lowest BCUT2D eigenvalue weighted by Gasteiger charge is -2.12. The van der Waals surface area contributed by atoms with Crippen molar-refractivity contribution in [2.45, 2.75) is 0 Å². The predicted octanol–water partition coefficient (Wildman–Crippen LogP) is 3.04. The average Bonchev–Trinajstić information content (AvgIpc) is 2.16. The van der Waals surface area contributed by atoms with E-state index in [-0.39, 0.29) is 5.82 Å². The van der Waals surface area contributed by atoms with E-state index in [0.717, 1.165) is 16.5 Å². The van der Waals surface area contributed by atoms with Crippen LogP contribution in [0.3, 0.4) is 0 Å². The summed E-state index contributed by atoms with van der Waals surface area (Å²) in [7, 11) is 3.98. The molecule has 14 heavy (non-hydrogen) atoms. The highest BCUT2D eigenvalue weighted by atomic mass is 19.1. The Balaban J connectivity index is 2.62. The molecule has 0 aromatic heterocycles. The van der Waals surface area contributed by atoms with Crippen molar-refractivity contribution in [1.82, 2.24) is 0 Å². The van der Waals surface area contributed by atoms with E-state index in [1.165, 1.54) is 6.07 Å². The molecule has 0 aliphatic rings. The molecule has 0 atom stereocenters. The molecule has 2 aromatic rings. The largest absolute Gasteiger partial charge is 0.378 e. The molecule has 0 saturated carbocycles.